The summed E-state index contributed by atoms with van der Waals surface area (Å²) in [7, 11) is 0. The lowest BCUT2D eigenvalue weighted by atomic mass is 10.2. The molecule has 4 nitrogen and oxygen atoms in total. The summed E-state index contributed by atoms with van der Waals surface area (Å²) in [4.78, 5) is 5.30. The van der Waals surface area contributed by atoms with E-state index in [9.17, 15) is 9.50 Å². The third-order valence-electron chi connectivity index (χ3n) is 2.07. The van der Waals surface area contributed by atoms with Gasteiger partial charge in [0.2, 0.25) is 0 Å². The Kier molecular flexibility index (Phi) is 2.39. The number of rotatable bonds is 1. The smallest absolute Gasteiger partial charge is 0.172 e. The number of nitrogens with two attached hydrogens (primary N) is 1. The van der Waals surface area contributed by atoms with Gasteiger partial charge in [0.25, 0.3) is 0 Å². The van der Waals surface area contributed by atoms with Crippen molar-refractivity contribution < 1.29 is 9.50 Å². The van der Waals surface area contributed by atoms with Crippen LogP contribution in [0.2, 0.25) is 0 Å². The summed E-state index contributed by atoms with van der Waals surface area (Å²) in [5.74, 6) is 0.0222. The number of hydrogen-bond acceptors (Lipinski definition) is 4. The Morgan fingerprint density at radius 2 is 2.27 bits per heavy atom. The Hall–Kier alpha value is -1.88. The Labute approximate surface area is 86.2 Å². The summed E-state index contributed by atoms with van der Waals surface area (Å²) in [5, 5.41) is 9.71. The quantitative estimate of drug-likeness (QED) is 0.712. The van der Waals surface area contributed by atoms with Gasteiger partial charge in [0.05, 0.1) is 11.9 Å². The average Bonchev–Trinajstić information content (AvgIpc) is 2.24. The van der Waals surface area contributed by atoms with Crippen LogP contribution in [0.3, 0.4) is 0 Å². The van der Waals surface area contributed by atoms with Gasteiger partial charge in [0.15, 0.2) is 6.23 Å². The zero-order chi connectivity index (χ0) is 10.8. The van der Waals surface area contributed by atoms with Crippen LogP contribution in [0.15, 0.2) is 42.4 Å². The van der Waals surface area contributed by atoms with Crippen LogP contribution >= 0.6 is 0 Å². The van der Waals surface area contributed by atoms with E-state index in [2.05, 4.69) is 4.98 Å². The molecule has 1 unspecified atom stereocenters. The summed E-state index contributed by atoms with van der Waals surface area (Å²) in [6.45, 7) is 0. The second kappa shape index (κ2) is 3.70. The van der Waals surface area contributed by atoms with Crippen molar-refractivity contribution >= 4 is 5.82 Å². The van der Waals surface area contributed by atoms with E-state index < -0.39 is 12.0 Å². The summed E-state index contributed by atoms with van der Waals surface area (Å²) >= 11 is 0. The molecule has 0 saturated heterocycles. The molecule has 0 radical (unpaired) electrons. The number of nitrogens with zero attached hydrogens (tertiary/aromatic N) is 2. The van der Waals surface area contributed by atoms with Gasteiger partial charge in [-0.3, -0.25) is 0 Å². The predicted molar refractivity (Wildman–Crippen MR) is 54.1 cm³/mol. The monoisotopic (exact) mass is 207 g/mol. The van der Waals surface area contributed by atoms with E-state index in [1.165, 1.54) is 17.0 Å². The number of pyridine rings is 1. The number of hydrogen-bond donors (Lipinski definition) is 2. The topological polar surface area (TPSA) is 62.4 Å². The lowest BCUT2D eigenvalue weighted by molar-refractivity contribution is 0.211. The molecular weight excluding hydrogens is 197 g/mol. The Bertz CT molecular complexity index is 413. The number of aromatic nitrogens is 1. The second-order valence-corrected chi connectivity index (χ2v) is 3.12. The molecule has 0 aliphatic carbocycles. The average molecular weight is 207 g/mol. The molecule has 1 aromatic heterocycles. The zero-order valence-corrected chi connectivity index (χ0v) is 7.84. The van der Waals surface area contributed by atoms with Gasteiger partial charge in [-0.25, -0.2) is 9.37 Å². The van der Waals surface area contributed by atoms with E-state index in [1.54, 1.807) is 18.4 Å². The van der Waals surface area contributed by atoms with Crippen molar-refractivity contribution in [2.75, 3.05) is 4.90 Å². The van der Waals surface area contributed by atoms with Gasteiger partial charge in [-0.2, -0.15) is 0 Å². The highest BCUT2D eigenvalue weighted by Gasteiger charge is 2.19. The van der Waals surface area contributed by atoms with Crippen LogP contribution in [-0.2, 0) is 0 Å². The third-order valence-corrected chi connectivity index (χ3v) is 2.07. The van der Waals surface area contributed by atoms with E-state index in [0.29, 0.717) is 11.5 Å². The van der Waals surface area contributed by atoms with Crippen molar-refractivity contribution in [2.45, 2.75) is 6.23 Å². The molecule has 1 aliphatic heterocycles. The fraction of sp³-hybridized carbons (Fsp3) is 0.100. The predicted octanol–water partition coefficient (Wildman–Crippen LogP) is 0.715. The van der Waals surface area contributed by atoms with E-state index in [1.807, 2.05) is 0 Å². The molecule has 2 heterocycles. The fourth-order valence-corrected chi connectivity index (χ4v) is 1.30. The summed E-state index contributed by atoms with van der Waals surface area (Å²) in [5.41, 5.74) is 5.88. The molecule has 1 aromatic rings. The minimum Gasteiger partial charge on any atom is -0.398 e. The van der Waals surface area contributed by atoms with E-state index >= 15 is 0 Å². The zero-order valence-electron chi connectivity index (χ0n) is 7.84. The molecule has 15 heavy (non-hydrogen) atoms. The number of halogens is 1. The van der Waals surface area contributed by atoms with Gasteiger partial charge in [-0.05, 0) is 24.3 Å². The maximum Gasteiger partial charge on any atom is 0.172 e. The van der Waals surface area contributed by atoms with Crippen LogP contribution in [0.25, 0.3) is 0 Å². The molecule has 0 bridgehead atoms. The van der Waals surface area contributed by atoms with E-state index in [4.69, 9.17) is 5.73 Å². The number of aliphatic hydroxyl groups excluding tert-OH is 1. The highest BCUT2D eigenvalue weighted by molar-refractivity contribution is 5.47. The molecule has 0 saturated carbocycles. The third kappa shape index (κ3) is 1.82. The SMILES string of the molecule is NC1=CC=CN(c2ccc(F)cn2)C1O. The Balaban J connectivity index is 2.29. The van der Waals surface area contributed by atoms with Gasteiger partial charge in [-0.15, -0.1) is 0 Å². The van der Waals surface area contributed by atoms with Gasteiger partial charge in [0, 0.05) is 6.20 Å². The lowest BCUT2D eigenvalue weighted by Gasteiger charge is -2.27. The van der Waals surface area contributed by atoms with E-state index in [-0.39, 0.29) is 0 Å². The van der Waals surface area contributed by atoms with Crippen molar-refractivity contribution in [2.24, 2.45) is 5.73 Å². The second-order valence-electron chi connectivity index (χ2n) is 3.12. The van der Waals surface area contributed by atoms with Crippen molar-refractivity contribution in [1.82, 2.24) is 4.98 Å². The first-order chi connectivity index (χ1) is 7.18. The molecule has 0 aromatic carbocycles. The van der Waals surface area contributed by atoms with Crippen LogP contribution in [0, 0.1) is 5.82 Å². The van der Waals surface area contributed by atoms with Gasteiger partial charge in [-0.1, -0.05) is 0 Å². The summed E-state index contributed by atoms with van der Waals surface area (Å²) in [6, 6.07) is 2.75. The number of allylic oxidation sites excluding steroid dienone is 2. The molecule has 0 spiro atoms. The highest BCUT2D eigenvalue weighted by Crippen LogP contribution is 2.18. The minimum atomic E-state index is -0.951. The maximum atomic E-state index is 12.6. The standard InChI is InChI=1S/C10H10FN3O/c11-7-3-4-9(13-6-7)14-5-1-2-8(12)10(14)15/h1-6,10,15H,12H2. The first-order valence-electron chi connectivity index (χ1n) is 4.40. The van der Waals surface area contributed by atoms with Crippen LogP contribution in [-0.4, -0.2) is 16.3 Å². The number of anilines is 1. The van der Waals surface area contributed by atoms with Crippen LogP contribution < -0.4 is 10.6 Å². The first kappa shape index (κ1) is 9.67. The molecule has 3 N–H and O–H groups in total. The van der Waals surface area contributed by atoms with E-state index in [0.717, 1.165) is 6.20 Å². The van der Waals surface area contributed by atoms with Crippen molar-refractivity contribution in [1.29, 1.82) is 0 Å². The molecule has 0 amide bonds. The van der Waals surface area contributed by atoms with Crippen molar-refractivity contribution in [3.8, 4) is 0 Å². The Morgan fingerprint density at radius 1 is 1.47 bits per heavy atom. The molecule has 2 rings (SSSR count). The Morgan fingerprint density at radius 3 is 2.93 bits per heavy atom. The van der Waals surface area contributed by atoms with Crippen LogP contribution in [0.5, 0.6) is 0 Å². The largest absolute Gasteiger partial charge is 0.398 e. The normalized spacial score (nSPS) is 20.3. The molecular formula is C10H10FN3O. The van der Waals surface area contributed by atoms with Gasteiger partial charge >= 0.3 is 0 Å². The molecule has 5 heteroatoms. The first-order valence-corrected chi connectivity index (χ1v) is 4.40. The van der Waals surface area contributed by atoms with Gasteiger partial charge in [0.1, 0.15) is 11.6 Å². The van der Waals surface area contributed by atoms with Crippen LogP contribution in [0.4, 0.5) is 10.2 Å². The molecule has 1 atom stereocenters. The maximum absolute atomic E-state index is 12.6. The summed E-state index contributed by atoms with van der Waals surface area (Å²) < 4.78 is 12.6. The van der Waals surface area contributed by atoms with Crippen molar-refractivity contribution in [3.05, 3.63) is 48.2 Å². The molecule has 78 valence electrons. The number of aliphatic hydroxyl groups is 1. The van der Waals surface area contributed by atoms with Crippen molar-refractivity contribution in [3.63, 3.8) is 0 Å². The fourth-order valence-electron chi connectivity index (χ4n) is 1.30. The highest BCUT2D eigenvalue weighted by atomic mass is 19.1. The lowest BCUT2D eigenvalue weighted by Crippen LogP contribution is -2.37. The van der Waals surface area contributed by atoms with Crippen LogP contribution in [0.1, 0.15) is 0 Å². The summed E-state index contributed by atoms with van der Waals surface area (Å²) in [6.07, 6.45) is 5.05. The molecule has 1 aliphatic rings. The van der Waals surface area contributed by atoms with Gasteiger partial charge < -0.3 is 15.7 Å². The minimum absolute atomic E-state index is 0.323. The molecule has 0 fully saturated rings.